The summed E-state index contributed by atoms with van der Waals surface area (Å²) in [6, 6.07) is 7.36. The Balaban J connectivity index is 2.25. The molecule has 1 aromatic carbocycles. The lowest BCUT2D eigenvalue weighted by Gasteiger charge is -2.08. The first-order chi connectivity index (χ1) is 9.49. The number of hydrogen-bond acceptors (Lipinski definition) is 4. The van der Waals surface area contributed by atoms with E-state index < -0.39 is 16.6 Å². The Morgan fingerprint density at radius 1 is 1.35 bits per heavy atom. The van der Waals surface area contributed by atoms with Crippen molar-refractivity contribution in [3.63, 3.8) is 0 Å². The molecule has 0 saturated heterocycles. The standard InChI is InChI=1S/C14H15FN2O2S/c1-9-5-12(19-2)7-11(17-9)8-20(18)14-4-3-10(15)6-13(14)16/h3-7H,8,16H2,1-2H3. The molecule has 6 heteroatoms. The highest BCUT2D eigenvalue weighted by Gasteiger charge is 2.11. The Hall–Kier alpha value is -1.95. The average Bonchev–Trinajstić information content (AvgIpc) is 2.37. The number of ether oxygens (including phenoxy) is 1. The van der Waals surface area contributed by atoms with E-state index in [1.54, 1.807) is 19.2 Å². The topological polar surface area (TPSA) is 65.2 Å². The molecule has 4 nitrogen and oxygen atoms in total. The maximum Gasteiger partial charge on any atom is 0.125 e. The Morgan fingerprint density at radius 2 is 2.10 bits per heavy atom. The van der Waals surface area contributed by atoms with Crippen LogP contribution in [0.25, 0.3) is 0 Å². The van der Waals surface area contributed by atoms with Crippen LogP contribution in [0, 0.1) is 12.7 Å². The third kappa shape index (κ3) is 3.33. The van der Waals surface area contributed by atoms with Gasteiger partial charge in [0.05, 0.1) is 39.9 Å². The van der Waals surface area contributed by atoms with Crippen LogP contribution < -0.4 is 10.5 Å². The minimum absolute atomic E-state index is 0.183. The molecule has 2 rings (SSSR count). The first-order valence-electron chi connectivity index (χ1n) is 5.94. The van der Waals surface area contributed by atoms with Crippen molar-refractivity contribution >= 4 is 16.5 Å². The molecule has 106 valence electrons. The predicted molar refractivity (Wildman–Crippen MR) is 76.5 cm³/mol. The minimum atomic E-state index is -1.38. The normalized spacial score (nSPS) is 12.2. The SMILES string of the molecule is COc1cc(C)nc(CS(=O)c2ccc(F)cc2N)c1. The van der Waals surface area contributed by atoms with Crippen molar-refractivity contribution < 1.29 is 13.3 Å². The number of nitrogen functional groups attached to an aromatic ring is 1. The fourth-order valence-corrected chi connectivity index (χ4v) is 2.95. The third-order valence-corrected chi connectivity index (χ3v) is 4.13. The molecule has 0 aliphatic heterocycles. The molecule has 1 atom stereocenters. The van der Waals surface area contributed by atoms with E-state index in [-0.39, 0.29) is 11.4 Å². The molecule has 2 N–H and O–H groups in total. The summed E-state index contributed by atoms with van der Waals surface area (Å²) in [5.41, 5.74) is 7.29. The largest absolute Gasteiger partial charge is 0.497 e. The van der Waals surface area contributed by atoms with Gasteiger partial charge < -0.3 is 10.5 Å². The number of pyridine rings is 1. The zero-order valence-electron chi connectivity index (χ0n) is 11.2. The second-order valence-corrected chi connectivity index (χ2v) is 5.73. The van der Waals surface area contributed by atoms with Gasteiger partial charge in [-0.15, -0.1) is 0 Å². The van der Waals surface area contributed by atoms with Crippen LogP contribution >= 0.6 is 0 Å². The lowest BCUT2D eigenvalue weighted by atomic mass is 10.3. The van der Waals surface area contributed by atoms with Gasteiger partial charge in [-0.1, -0.05) is 0 Å². The predicted octanol–water partition coefficient (Wildman–Crippen LogP) is 2.43. The quantitative estimate of drug-likeness (QED) is 0.880. The lowest BCUT2D eigenvalue weighted by molar-refractivity contribution is 0.413. The maximum absolute atomic E-state index is 13.0. The molecule has 0 fully saturated rings. The van der Waals surface area contributed by atoms with E-state index in [1.807, 2.05) is 6.92 Å². The van der Waals surface area contributed by atoms with E-state index in [2.05, 4.69) is 4.98 Å². The van der Waals surface area contributed by atoms with Crippen LogP contribution in [0.5, 0.6) is 5.75 Å². The number of aryl methyl sites for hydroxylation is 1. The third-order valence-electron chi connectivity index (χ3n) is 2.71. The lowest BCUT2D eigenvalue weighted by Crippen LogP contribution is -2.03. The van der Waals surface area contributed by atoms with E-state index in [4.69, 9.17) is 10.5 Å². The van der Waals surface area contributed by atoms with Crippen molar-refractivity contribution in [1.82, 2.24) is 4.98 Å². The molecular formula is C14H15FN2O2S. The number of nitrogens with zero attached hydrogens (tertiary/aromatic N) is 1. The number of methoxy groups -OCH3 is 1. The number of rotatable bonds is 4. The van der Waals surface area contributed by atoms with Crippen LogP contribution in [-0.2, 0) is 16.6 Å². The Morgan fingerprint density at radius 3 is 2.75 bits per heavy atom. The van der Waals surface area contributed by atoms with Crippen LogP contribution in [0.2, 0.25) is 0 Å². The molecule has 2 aromatic rings. The van der Waals surface area contributed by atoms with Gasteiger partial charge in [0.25, 0.3) is 0 Å². The van der Waals surface area contributed by atoms with Gasteiger partial charge in [0.1, 0.15) is 11.6 Å². The van der Waals surface area contributed by atoms with E-state index in [1.165, 1.54) is 12.1 Å². The summed E-state index contributed by atoms with van der Waals surface area (Å²) in [5, 5.41) is 0. The fraction of sp³-hybridized carbons (Fsp3) is 0.214. The molecule has 0 radical (unpaired) electrons. The van der Waals surface area contributed by atoms with Crippen LogP contribution in [0.3, 0.4) is 0 Å². The number of anilines is 1. The molecule has 20 heavy (non-hydrogen) atoms. The minimum Gasteiger partial charge on any atom is -0.497 e. The molecule has 0 saturated carbocycles. The molecule has 0 amide bonds. The second-order valence-electron chi connectivity index (χ2n) is 4.31. The first-order valence-corrected chi connectivity index (χ1v) is 7.26. The van der Waals surface area contributed by atoms with E-state index in [0.29, 0.717) is 16.3 Å². The summed E-state index contributed by atoms with van der Waals surface area (Å²) >= 11 is 0. The Kier molecular flexibility index (Phi) is 4.34. The number of hydrogen-bond donors (Lipinski definition) is 1. The highest BCUT2D eigenvalue weighted by molar-refractivity contribution is 7.84. The zero-order chi connectivity index (χ0) is 14.7. The average molecular weight is 294 g/mol. The molecule has 1 aromatic heterocycles. The van der Waals surface area contributed by atoms with Crippen LogP contribution in [0.4, 0.5) is 10.1 Å². The van der Waals surface area contributed by atoms with Gasteiger partial charge in [-0.05, 0) is 25.1 Å². The van der Waals surface area contributed by atoms with Gasteiger partial charge in [-0.2, -0.15) is 0 Å². The van der Waals surface area contributed by atoms with Gasteiger partial charge in [-0.25, -0.2) is 4.39 Å². The fourth-order valence-electron chi connectivity index (χ4n) is 1.83. The summed E-state index contributed by atoms with van der Waals surface area (Å²) in [6.45, 7) is 1.83. The van der Waals surface area contributed by atoms with Crippen molar-refractivity contribution in [3.05, 3.63) is 47.5 Å². The monoisotopic (exact) mass is 294 g/mol. The number of benzene rings is 1. The maximum atomic E-state index is 13.0. The number of halogens is 1. The zero-order valence-corrected chi connectivity index (χ0v) is 12.0. The second kappa shape index (κ2) is 6.00. The van der Waals surface area contributed by atoms with Gasteiger partial charge in [0, 0.05) is 17.8 Å². The van der Waals surface area contributed by atoms with E-state index in [0.717, 1.165) is 11.8 Å². The molecule has 1 heterocycles. The summed E-state index contributed by atoms with van der Waals surface area (Å²) in [4.78, 5) is 4.72. The number of aromatic nitrogens is 1. The van der Waals surface area contributed by atoms with Crippen LogP contribution in [0.15, 0.2) is 35.2 Å². The molecule has 0 spiro atoms. The van der Waals surface area contributed by atoms with Gasteiger partial charge >= 0.3 is 0 Å². The van der Waals surface area contributed by atoms with Crippen molar-refractivity contribution in [2.45, 2.75) is 17.6 Å². The van der Waals surface area contributed by atoms with Crippen molar-refractivity contribution in [3.8, 4) is 5.75 Å². The first kappa shape index (κ1) is 14.5. The number of nitrogens with two attached hydrogens (primary N) is 1. The molecule has 0 aliphatic rings. The smallest absolute Gasteiger partial charge is 0.125 e. The molecular weight excluding hydrogens is 279 g/mol. The van der Waals surface area contributed by atoms with Crippen molar-refractivity contribution in [1.29, 1.82) is 0 Å². The summed E-state index contributed by atoms with van der Waals surface area (Å²) in [6.07, 6.45) is 0. The molecule has 1 unspecified atom stereocenters. The summed E-state index contributed by atoms with van der Waals surface area (Å²) < 4.78 is 30.4. The van der Waals surface area contributed by atoms with Gasteiger partial charge in [-0.3, -0.25) is 9.19 Å². The van der Waals surface area contributed by atoms with Crippen LogP contribution in [0.1, 0.15) is 11.4 Å². The summed E-state index contributed by atoms with van der Waals surface area (Å²) in [7, 11) is 0.180. The van der Waals surface area contributed by atoms with E-state index >= 15 is 0 Å². The Labute approximate surface area is 119 Å². The van der Waals surface area contributed by atoms with Gasteiger partial charge in [0.2, 0.25) is 0 Å². The van der Waals surface area contributed by atoms with Crippen molar-refractivity contribution in [2.75, 3.05) is 12.8 Å². The highest BCUT2D eigenvalue weighted by Crippen LogP contribution is 2.21. The van der Waals surface area contributed by atoms with Crippen molar-refractivity contribution in [2.24, 2.45) is 0 Å². The Bertz CT molecular complexity index is 662. The molecule has 0 aliphatic carbocycles. The van der Waals surface area contributed by atoms with Crippen LogP contribution in [-0.4, -0.2) is 16.3 Å². The van der Waals surface area contributed by atoms with Gasteiger partial charge in [0.15, 0.2) is 0 Å². The van der Waals surface area contributed by atoms with E-state index in [9.17, 15) is 8.60 Å². The molecule has 0 bridgehead atoms. The highest BCUT2D eigenvalue weighted by atomic mass is 32.2. The summed E-state index contributed by atoms with van der Waals surface area (Å²) in [5.74, 6) is 0.420.